The fourth-order valence-corrected chi connectivity index (χ4v) is 2.98. The molecule has 0 unspecified atom stereocenters. The van der Waals surface area contributed by atoms with Gasteiger partial charge in [0, 0.05) is 6.04 Å². The largest absolute Gasteiger partial charge is 0.494 e. The third-order valence-corrected chi connectivity index (χ3v) is 4.51. The number of nitrogens with one attached hydrogen (secondary N) is 1. The third-order valence-electron chi connectivity index (χ3n) is 4.51. The molecule has 0 spiro atoms. The number of benzene rings is 2. The van der Waals surface area contributed by atoms with Gasteiger partial charge < -0.3 is 10.1 Å². The maximum atomic E-state index is 13.8. The lowest BCUT2D eigenvalue weighted by Crippen LogP contribution is -2.21. The van der Waals surface area contributed by atoms with Gasteiger partial charge in [0.2, 0.25) is 0 Å². The molecule has 22 heavy (non-hydrogen) atoms. The highest BCUT2D eigenvalue weighted by molar-refractivity contribution is 5.31. The molecule has 1 fully saturated rings. The van der Waals surface area contributed by atoms with Crippen molar-refractivity contribution < 1.29 is 9.13 Å². The van der Waals surface area contributed by atoms with Gasteiger partial charge in [0.15, 0.2) is 11.6 Å². The Balaban J connectivity index is 1.53. The molecule has 1 aliphatic rings. The van der Waals surface area contributed by atoms with Crippen molar-refractivity contribution in [2.24, 2.45) is 5.92 Å². The number of halogens is 1. The highest BCUT2D eigenvalue weighted by Crippen LogP contribution is 2.47. The molecule has 0 radical (unpaired) electrons. The van der Waals surface area contributed by atoms with Crippen LogP contribution in [0.2, 0.25) is 0 Å². The first kappa shape index (κ1) is 15.0. The maximum Gasteiger partial charge on any atom is 0.165 e. The topological polar surface area (TPSA) is 21.3 Å². The van der Waals surface area contributed by atoms with E-state index in [-0.39, 0.29) is 11.9 Å². The van der Waals surface area contributed by atoms with Crippen LogP contribution >= 0.6 is 0 Å². The summed E-state index contributed by atoms with van der Waals surface area (Å²) in [5.41, 5.74) is 2.38. The van der Waals surface area contributed by atoms with E-state index < -0.39 is 0 Å². The van der Waals surface area contributed by atoms with Crippen LogP contribution in [0.1, 0.15) is 36.4 Å². The van der Waals surface area contributed by atoms with Gasteiger partial charge in [-0.2, -0.15) is 0 Å². The Morgan fingerprint density at radius 1 is 1.23 bits per heavy atom. The van der Waals surface area contributed by atoms with Crippen molar-refractivity contribution in [3.05, 3.63) is 65.5 Å². The predicted octanol–water partition coefficient (Wildman–Crippen LogP) is 4.29. The summed E-state index contributed by atoms with van der Waals surface area (Å²) in [6, 6.07) is 15.9. The molecule has 1 N–H and O–H groups in total. The van der Waals surface area contributed by atoms with Gasteiger partial charge in [-0.25, -0.2) is 4.39 Å². The van der Waals surface area contributed by atoms with Gasteiger partial charge in [-0.3, -0.25) is 0 Å². The monoisotopic (exact) mass is 299 g/mol. The second kappa shape index (κ2) is 6.49. The van der Waals surface area contributed by atoms with E-state index in [0.29, 0.717) is 17.6 Å². The summed E-state index contributed by atoms with van der Waals surface area (Å²) < 4.78 is 18.7. The second-order valence-electron chi connectivity index (χ2n) is 6.04. The Morgan fingerprint density at radius 2 is 2.00 bits per heavy atom. The number of rotatable bonds is 6. The molecule has 0 amide bonds. The van der Waals surface area contributed by atoms with Crippen molar-refractivity contribution in [3.8, 4) is 5.75 Å². The molecule has 0 aromatic heterocycles. The average Bonchev–Trinajstić information content (AvgIpc) is 3.33. The zero-order valence-electron chi connectivity index (χ0n) is 13.1. The molecular weight excluding hydrogens is 277 g/mol. The van der Waals surface area contributed by atoms with Crippen LogP contribution in [0.15, 0.2) is 48.5 Å². The van der Waals surface area contributed by atoms with Crippen molar-refractivity contribution in [1.29, 1.82) is 0 Å². The Bertz CT molecular complexity index is 629. The lowest BCUT2D eigenvalue weighted by atomic mass is 10.1. The quantitative estimate of drug-likeness (QED) is 0.859. The highest BCUT2D eigenvalue weighted by atomic mass is 19.1. The summed E-state index contributed by atoms with van der Waals surface area (Å²) in [6.45, 7) is 3.04. The molecule has 3 rings (SSSR count). The average molecular weight is 299 g/mol. The zero-order valence-corrected chi connectivity index (χ0v) is 13.1. The van der Waals surface area contributed by atoms with Crippen molar-refractivity contribution in [1.82, 2.24) is 5.32 Å². The molecule has 116 valence electrons. The first-order valence-electron chi connectivity index (χ1n) is 7.81. The predicted molar refractivity (Wildman–Crippen MR) is 86.7 cm³/mol. The molecule has 2 aromatic carbocycles. The molecule has 0 saturated heterocycles. The molecule has 0 heterocycles. The van der Waals surface area contributed by atoms with Gasteiger partial charge in [-0.1, -0.05) is 36.4 Å². The van der Waals surface area contributed by atoms with Gasteiger partial charge >= 0.3 is 0 Å². The summed E-state index contributed by atoms with van der Waals surface area (Å²) in [7, 11) is 1.48. The molecule has 3 atom stereocenters. The molecule has 2 aromatic rings. The van der Waals surface area contributed by atoms with Gasteiger partial charge in [-0.05, 0) is 55.0 Å². The van der Waals surface area contributed by atoms with Crippen LogP contribution < -0.4 is 10.1 Å². The van der Waals surface area contributed by atoms with E-state index in [9.17, 15) is 4.39 Å². The van der Waals surface area contributed by atoms with E-state index >= 15 is 0 Å². The SMILES string of the molecule is COc1ccc([C@H](C)NC[C@@H]2C[C@@H]2c2ccccc2)cc1F. The fourth-order valence-electron chi connectivity index (χ4n) is 2.98. The van der Waals surface area contributed by atoms with E-state index in [1.54, 1.807) is 12.1 Å². The summed E-state index contributed by atoms with van der Waals surface area (Å²) in [5, 5.41) is 3.52. The molecular formula is C19H22FNO. The highest BCUT2D eigenvalue weighted by Gasteiger charge is 2.37. The Kier molecular flexibility index (Phi) is 4.44. The Labute approximate surface area is 131 Å². The van der Waals surface area contributed by atoms with Crippen molar-refractivity contribution in [2.45, 2.75) is 25.3 Å². The summed E-state index contributed by atoms with van der Waals surface area (Å²) >= 11 is 0. The van der Waals surface area contributed by atoms with E-state index in [2.05, 4.69) is 42.6 Å². The van der Waals surface area contributed by atoms with Crippen LogP contribution in [0.25, 0.3) is 0 Å². The van der Waals surface area contributed by atoms with Gasteiger partial charge in [-0.15, -0.1) is 0 Å². The van der Waals surface area contributed by atoms with E-state index in [4.69, 9.17) is 4.74 Å². The minimum absolute atomic E-state index is 0.137. The maximum absolute atomic E-state index is 13.8. The summed E-state index contributed by atoms with van der Waals surface area (Å²) in [4.78, 5) is 0. The summed E-state index contributed by atoms with van der Waals surface area (Å²) in [5.74, 6) is 1.35. The number of ether oxygens (including phenoxy) is 1. The fraction of sp³-hybridized carbons (Fsp3) is 0.368. The van der Waals surface area contributed by atoms with Crippen LogP contribution in [0.5, 0.6) is 5.75 Å². The first-order chi connectivity index (χ1) is 10.7. The van der Waals surface area contributed by atoms with Crippen LogP contribution in [-0.4, -0.2) is 13.7 Å². The molecule has 0 bridgehead atoms. The molecule has 3 heteroatoms. The van der Waals surface area contributed by atoms with Crippen LogP contribution in [0.3, 0.4) is 0 Å². The van der Waals surface area contributed by atoms with Crippen molar-refractivity contribution >= 4 is 0 Å². The molecule has 1 aliphatic carbocycles. The standard InChI is InChI=1S/C19H22FNO/c1-13(15-8-9-19(22-2)18(20)11-15)21-12-16-10-17(16)14-6-4-3-5-7-14/h3-9,11,13,16-17,21H,10,12H2,1-2H3/t13-,16-,17+/m0/s1. The first-order valence-corrected chi connectivity index (χ1v) is 7.81. The Hall–Kier alpha value is -1.87. The second-order valence-corrected chi connectivity index (χ2v) is 6.04. The summed E-state index contributed by atoms with van der Waals surface area (Å²) in [6.07, 6.45) is 1.24. The van der Waals surface area contributed by atoms with E-state index in [1.807, 2.05) is 6.07 Å². The third kappa shape index (κ3) is 3.30. The lowest BCUT2D eigenvalue weighted by molar-refractivity contribution is 0.385. The number of methoxy groups -OCH3 is 1. The number of hydrogen-bond acceptors (Lipinski definition) is 2. The van der Waals surface area contributed by atoms with Gasteiger partial charge in [0.1, 0.15) is 0 Å². The lowest BCUT2D eigenvalue weighted by Gasteiger charge is -2.15. The normalized spacial score (nSPS) is 21.4. The van der Waals surface area contributed by atoms with Gasteiger partial charge in [0.25, 0.3) is 0 Å². The molecule has 2 nitrogen and oxygen atoms in total. The Morgan fingerprint density at radius 3 is 2.68 bits per heavy atom. The molecule has 1 saturated carbocycles. The smallest absolute Gasteiger partial charge is 0.165 e. The van der Waals surface area contributed by atoms with Crippen LogP contribution in [0, 0.1) is 11.7 Å². The minimum Gasteiger partial charge on any atom is -0.494 e. The number of hydrogen-bond donors (Lipinski definition) is 1. The van der Waals surface area contributed by atoms with Crippen LogP contribution in [-0.2, 0) is 0 Å². The van der Waals surface area contributed by atoms with Crippen molar-refractivity contribution in [3.63, 3.8) is 0 Å². The van der Waals surface area contributed by atoms with Gasteiger partial charge in [0.05, 0.1) is 7.11 Å². The molecule has 0 aliphatic heterocycles. The minimum atomic E-state index is -0.303. The van der Waals surface area contributed by atoms with E-state index in [1.165, 1.54) is 19.1 Å². The zero-order chi connectivity index (χ0) is 15.5. The van der Waals surface area contributed by atoms with Crippen LogP contribution in [0.4, 0.5) is 4.39 Å². The van der Waals surface area contributed by atoms with E-state index in [0.717, 1.165) is 12.1 Å². The van der Waals surface area contributed by atoms with Crippen molar-refractivity contribution in [2.75, 3.05) is 13.7 Å².